The lowest BCUT2D eigenvalue weighted by Crippen LogP contribution is -2.35. The van der Waals surface area contributed by atoms with E-state index in [9.17, 15) is 4.79 Å². The van der Waals surface area contributed by atoms with Gasteiger partial charge in [0.1, 0.15) is 11.6 Å². The van der Waals surface area contributed by atoms with Gasteiger partial charge in [-0.25, -0.2) is 4.98 Å². The molecule has 0 saturated carbocycles. The van der Waals surface area contributed by atoms with E-state index in [-0.39, 0.29) is 18.3 Å². The number of nitrogens with zero attached hydrogens (tertiary/aromatic N) is 2. The molecule has 1 heterocycles. The van der Waals surface area contributed by atoms with Crippen molar-refractivity contribution >= 4 is 40.7 Å². The van der Waals surface area contributed by atoms with Gasteiger partial charge in [0.05, 0.1) is 16.6 Å². The Morgan fingerprint density at radius 3 is 2.76 bits per heavy atom. The van der Waals surface area contributed by atoms with Crippen LogP contribution in [0.1, 0.15) is 6.92 Å². The Labute approximate surface area is 110 Å². The highest BCUT2D eigenvalue weighted by Gasteiger charge is 2.13. The van der Waals surface area contributed by atoms with Gasteiger partial charge >= 0.3 is 0 Å². The van der Waals surface area contributed by atoms with Gasteiger partial charge in [0.25, 0.3) is 0 Å². The van der Waals surface area contributed by atoms with Crippen molar-refractivity contribution in [1.82, 2.24) is 10.3 Å². The van der Waals surface area contributed by atoms with E-state index >= 15 is 0 Å². The maximum atomic E-state index is 11.4. The minimum Gasteiger partial charge on any atom is -0.382 e. The van der Waals surface area contributed by atoms with E-state index < -0.39 is 0 Å². The number of nitrogens with two attached hydrogens (primary N) is 1. The van der Waals surface area contributed by atoms with Crippen LogP contribution in [-0.2, 0) is 4.79 Å². The summed E-state index contributed by atoms with van der Waals surface area (Å²) in [6.07, 6.45) is 0. The first-order chi connectivity index (χ1) is 7.95. The number of hydrogen-bond acceptors (Lipinski definition) is 4. The highest BCUT2D eigenvalue weighted by Crippen LogP contribution is 2.29. The zero-order valence-electron chi connectivity index (χ0n) is 9.63. The van der Waals surface area contributed by atoms with Crippen molar-refractivity contribution in [2.24, 2.45) is 0 Å². The molecule has 0 bridgehead atoms. The molecule has 1 amide bonds. The molecule has 7 heteroatoms. The monoisotopic (exact) mass is 276 g/mol. The minimum absolute atomic E-state index is 0.110. The van der Waals surface area contributed by atoms with Crippen LogP contribution in [0.3, 0.4) is 0 Å². The van der Waals surface area contributed by atoms with Crippen molar-refractivity contribution < 1.29 is 4.79 Å². The van der Waals surface area contributed by atoms with Crippen molar-refractivity contribution in [2.45, 2.75) is 6.92 Å². The molecule has 0 atom stereocenters. The summed E-state index contributed by atoms with van der Waals surface area (Å²) in [5.74, 6) is 0.509. The minimum atomic E-state index is -0.110. The summed E-state index contributed by atoms with van der Waals surface area (Å²) in [6, 6.07) is 1.51. The van der Waals surface area contributed by atoms with Crippen molar-refractivity contribution in [2.75, 3.05) is 30.8 Å². The predicted molar refractivity (Wildman–Crippen MR) is 70.6 cm³/mol. The van der Waals surface area contributed by atoms with E-state index in [0.29, 0.717) is 22.4 Å². The van der Waals surface area contributed by atoms with E-state index in [0.717, 1.165) is 0 Å². The van der Waals surface area contributed by atoms with Crippen LogP contribution in [0.4, 0.5) is 11.6 Å². The fourth-order valence-corrected chi connectivity index (χ4v) is 1.78. The first-order valence-electron chi connectivity index (χ1n) is 5.05. The van der Waals surface area contributed by atoms with Crippen molar-refractivity contribution in [3.63, 3.8) is 0 Å². The Morgan fingerprint density at radius 1 is 1.53 bits per heavy atom. The molecule has 94 valence electrons. The lowest BCUT2D eigenvalue weighted by molar-refractivity contribution is -0.119. The second-order valence-corrected chi connectivity index (χ2v) is 4.28. The molecule has 1 aromatic heterocycles. The van der Waals surface area contributed by atoms with E-state index in [1.807, 2.05) is 6.92 Å². The molecule has 1 aromatic rings. The Morgan fingerprint density at radius 2 is 2.18 bits per heavy atom. The van der Waals surface area contributed by atoms with Gasteiger partial charge in [0, 0.05) is 13.6 Å². The normalized spacial score (nSPS) is 10.1. The van der Waals surface area contributed by atoms with Gasteiger partial charge in [0.2, 0.25) is 5.91 Å². The Balaban J connectivity index is 2.85. The molecule has 0 aliphatic rings. The fourth-order valence-electron chi connectivity index (χ4n) is 1.28. The lowest BCUT2D eigenvalue weighted by atomic mass is 10.4. The molecule has 0 aliphatic carbocycles. The topological polar surface area (TPSA) is 71.2 Å². The number of amides is 1. The van der Waals surface area contributed by atoms with E-state index in [1.165, 1.54) is 6.07 Å². The molecular weight excluding hydrogens is 263 g/mol. The average molecular weight is 277 g/mol. The summed E-state index contributed by atoms with van der Waals surface area (Å²) in [7, 11) is 1.71. The third-order valence-electron chi connectivity index (χ3n) is 2.05. The Bertz CT molecular complexity index is 425. The second-order valence-electron chi connectivity index (χ2n) is 3.47. The van der Waals surface area contributed by atoms with Crippen LogP contribution >= 0.6 is 23.2 Å². The van der Waals surface area contributed by atoms with Crippen LogP contribution in [0, 0.1) is 0 Å². The smallest absolute Gasteiger partial charge is 0.239 e. The summed E-state index contributed by atoms with van der Waals surface area (Å²) < 4.78 is 0. The van der Waals surface area contributed by atoms with Gasteiger partial charge in [-0.05, 0) is 13.0 Å². The number of halogens is 2. The number of hydrogen-bond donors (Lipinski definition) is 2. The molecule has 3 N–H and O–H groups in total. The van der Waals surface area contributed by atoms with Crippen LogP contribution in [0.5, 0.6) is 0 Å². The van der Waals surface area contributed by atoms with Crippen LogP contribution < -0.4 is 16.0 Å². The van der Waals surface area contributed by atoms with Gasteiger partial charge in [-0.3, -0.25) is 4.79 Å². The van der Waals surface area contributed by atoms with Crippen LogP contribution in [0.15, 0.2) is 6.07 Å². The fraction of sp³-hybridized carbons (Fsp3) is 0.400. The van der Waals surface area contributed by atoms with Crippen molar-refractivity contribution in [3.8, 4) is 0 Å². The standard InChI is InChI=1S/C10H14Cl2N4O/c1-3-14-8(17)5-16(2)10-7(12)4-6(11)9(13)15-10/h4H,3,5H2,1-2H3,(H2,13,15)(H,14,17). The van der Waals surface area contributed by atoms with Crippen LogP contribution in [-0.4, -0.2) is 31.0 Å². The molecule has 0 aliphatic heterocycles. The van der Waals surface area contributed by atoms with Gasteiger partial charge in [-0.15, -0.1) is 0 Å². The number of carbonyl (C=O) groups is 1. The van der Waals surface area contributed by atoms with Gasteiger partial charge in [-0.2, -0.15) is 0 Å². The second kappa shape index (κ2) is 5.93. The van der Waals surface area contributed by atoms with Crippen molar-refractivity contribution in [1.29, 1.82) is 0 Å². The van der Waals surface area contributed by atoms with E-state index in [4.69, 9.17) is 28.9 Å². The molecule has 5 nitrogen and oxygen atoms in total. The van der Waals surface area contributed by atoms with Gasteiger partial charge in [0.15, 0.2) is 0 Å². The van der Waals surface area contributed by atoms with E-state index in [1.54, 1.807) is 11.9 Å². The maximum absolute atomic E-state index is 11.4. The number of pyridine rings is 1. The number of rotatable bonds is 4. The average Bonchev–Trinajstić information content (AvgIpc) is 2.23. The molecular formula is C10H14Cl2N4O. The summed E-state index contributed by atoms with van der Waals surface area (Å²) in [6.45, 7) is 2.58. The van der Waals surface area contributed by atoms with Crippen LogP contribution in [0.2, 0.25) is 10.0 Å². The molecule has 0 aromatic carbocycles. The number of nitrogen functional groups attached to an aromatic ring is 1. The SMILES string of the molecule is CCNC(=O)CN(C)c1nc(N)c(Cl)cc1Cl. The predicted octanol–water partition coefficient (Wildman–Crippen LogP) is 1.54. The zero-order valence-corrected chi connectivity index (χ0v) is 11.1. The quantitative estimate of drug-likeness (QED) is 0.875. The third kappa shape index (κ3) is 3.64. The molecule has 0 unspecified atom stereocenters. The first-order valence-corrected chi connectivity index (χ1v) is 5.80. The number of nitrogens with one attached hydrogen (secondary N) is 1. The molecule has 0 radical (unpaired) electrons. The Kier molecular flexibility index (Phi) is 4.84. The van der Waals surface area contributed by atoms with Gasteiger partial charge < -0.3 is 16.0 Å². The highest BCUT2D eigenvalue weighted by atomic mass is 35.5. The molecule has 0 fully saturated rings. The lowest BCUT2D eigenvalue weighted by Gasteiger charge is -2.19. The number of anilines is 2. The molecule has 1 rings (SSSR count). The van der Waals surface area contributed by atoms with Crippen molar-refractivity contribution in [3.05, 3.63) is 16.1 Å². The summed E-state index contributed by atoms with van der Waals surface area (Å²) in [5.41, 5.74) is 5.59. The third-order valence-corrected chi connectivity index (χ3v) is 2.64. The Hall–Kier alpha value is -1.20. The highest BCUT2D eigenvalue weighted by molar-refractivity contribution is 6.37. The molecule has 17 heavy (non-hydrogen) atoms. The van der Waals surface area contributed by atoms with Crippen LogP contribution in [0.25, 0.3) is 0 Å². The number of likely N-dealkylation sites (N-methyl/N-ethyl adjacent to an activating group) is 2. The summed E-state index contributed by atoms with van der Waals surface area (Å²) in [4.78, 5) is 17.1. The summed E-state index contributed by atoms with van der Waals surface area (Å²) >= 11 is 11.8. The van der Waals surface area contributed by atoms with Gasteiger partial charge in [-0.1, -0.05) is 23.2 Å². The zero-order chi connectivity index (χ0) is 13.0. The van der Waals surface area contributed by atoms with E-state index in [2.05, 4.69) is 10.3 Å². The first kappa shape index (κ1) is 13.9. The largest absolute Gasteiger partial charge is 0.382 e. The maximum Gasteiger partial charge on any atom is 0.239 e. The molecule has 0 saturated heterocycles. The number of aromatic nitrogens is 1. The number of carbonyl (C=O) groups excluding carboxylic acids is 1. The summed E-state index contributed by atoms with van der Waals surface area (Å²) in [5, 5.41) is 3.34. The molecule has 0 spiro atoms.